The largest absolute Gasteiger partial charge is 0.478 e. The number of amides is 1. The zero-order chi connectivity index (χ0) is 18.7. The van der Waals surface area contributed by atoms with Crippen LogP contribution in [0.2, 0.25) is 0 Å². The highest BCUT2D eigenvalue weighted by Crippen LogP contribution is 2.24. The molecule has 2 N–H and O–H groups in total. The van der Waals surface area contributed by atoms with Gasteiger partial charge in [0.15, 0.2) is 5.76 Å². The maximum absolute atomic E-state index is 12.3. The molecule has 0 aliphatic heterocycles. The van der Waals surface area contributed by atoms with E-state index < -0.39 is 22.8 Å². The monoisotopic (exact) mass is 346 g/mol. The average molecular weight is 346 g/mol. The number of benzene rings is 1. The van der Waals surface area contributed by atoms with Crippen molar-refractivity contribution in [3.63, 3.8) is 0 Å². The number of aromatic carboxylic acids is 1. The first-order chi connectivity index (χ1) is 11.7. The fourth-order valence-corrected chi connectivity index (χ4v) is 2.43. The van der Waals surface area contributed by atoms with Gasteiger partial charge < -0.3 is 14.8 Å². The van der Waals surface area contributed by atoms with Crippen molar-refractivity contribution in [1.82, 2.24) is 5.32 Å². The molecule has 0 saturated heterocycles. The van der Waals surface area contributed by atoms with Crippen molar-refractivity contribution in [2.24, 2.45) is 0 Å². The Labute approximate surface area is 143 Å². The van der Waals surface area contributed by atoms with E-state index >= 15 is 0 Å². The molecule has 0 aliphatic rings. The quantitative estimate of drug-likeness (QED) is 0.611. The maximum Gasteiger partial charge on any atom is 0.339 e. The second-order valence-electron chi connectivity index (χ2n) is 5.60. The molecule has 25 heavy (non-hydrogen) atoms. The molecule has 1 amide bonds. The van der Waals surface area contributed by atoms with Crippen molar-refractivity contribution in [2.75, 3.05) is 0 Å². The molecular weight excluding hydrogens is 328 g/mol. The third-order valence-electron chi connectivity index (χ3n) is 3.86. The second kappa shape index (κ2) is 7.16. The number of carboxylic acids is 1. The standard InChI is InChI=1S/C17H18N2O6/c1-4-14-12(17(21)22)8-15(25-14)16(20)18-10(3)11-6-5-9(2)13(7-11)19(23)24/h5-8,10H,4H2,1-3H3,(H,18,20)(H,21,22). The van der Waals surface area contributed by atoms with Crippen molar-refractivity contribution in [3.8, 4) is 0 Å². The molecule has 1 aromatic carbocycles. The van der Waals surface area contributed by atoms with Crippen molar-refractivity contribution in [1.29, 1.82) is 0 Å². The number of nitrogens with one attached hydrogen (secondary N) is 1. The molecular formula is C17H18N2O6. The molecule has 2 rings (SSSR count). The van der Waals surface area contributed by atoms with Gasteiger partial charge in [0.2, 0.25) is 0 Å². The third-order valence-corrected chi connectivity index (χ3v) is 3.86. The van der Waals surface area contributed by atoms with Gasteiger partial charge >= 0.3 is 5.97 Å². The summed E-state index contributed by atoms with van der Waals surface area (Å²) < 4.78 is 5.30. The van der Waals surface area contributed by atoms with Crippen LogP contribution in [0.25, 0.3) is 0 Å². The van der Waals surface area contributed by atoms with Crippen molar-refractivity contribution >= 4 is 17.6 Å². The van der Waals surface area contributed by atoms with E-state index in [-0.39, 0.29) is 22.8 Å². The van der Waals surface area contributed by atoms with Gasteiger partial charge in [-0.15, -0.1) is 0 Å². The third kappa shape index (κ3) is 3.85. The van der Waals surface area contributed by atoms with Gasteiger partial charge in [0.05, 0.1) is 11.0 Å². The minimum atomic E-state index is -1.16. The lowest BCUT2D eigenvalue weighted by atomic mass is 10.0. The van der Waals surface area contributed by atoms with Crippen molar-refractivity contribution < 1.29 is 24.0 Å². The fourth-order valence-electron chi connectivity index (χ4n) is 2.43. The first-order valence-corrected chi connectivity index (χ1v) is 7.66. The van der Waals surface area contributed by atoms with Crippen LogP contribution >= 0.6 is 0 Å². The van der Waals surface area contributed by atoms with Gasteiger partial charge in [0, 0.05) is 24.1 Å². The number of hydrogen-bond donors (Lipinski definition) is 2. The SMILES string of the molecule is CCc1oc(C(=O)NC(C)c2ccc(C)c([N+](=O)[O-])c2)cc1C(=O)O. The van der Waals surface area contributed by atoms with Crippen LogP contribution in [-0.4, -0.2) is 21.9 Å². The molecule has 8 nitrogen and oxygen atoms in total. The van der Waals surface area contributed by atoms with E-state index in [0.29, 0.717) is 17.5 Å². The van der Waals surface area contributed by atoms with Crippen LogP contribution in [0.1, 0.15) is 57.7 Å². The predicted molar refractivity (Wildman–Crippen MR) is 88.8 cm³/mol. The van der Waals surface area contributed by atoms with E-state index in [1.807, 2.05) is 0 Å². The molecule has 2 aromatic rings. The van der Waals surface area contributed by atoms with E-state index in [9.17, 15) is 19.7 Å². The number of aryl methyl sites for hydroxylation is 2. The van der Waals surface area contributed by atoms with E-state index in [2.05, 4.69) is 5.32 Å². The summed E-state index contributed by atoms with van der Waals surface area (Å²) in [6, 6.07) is 5.37. The predicted octanol–water partition coefficient (Wildman–Crippen LogP) is 3.25. The van der Waals surface area contributed by atoms with Gasteiger partial charge in [-0.3, -0.25) is 14.9 Å². The normalized spacial score (nSPS) is 11.8. The number of hydrogen-bond acceptors (Lipinski definition) is 5. The topological polar surface area (TPSA) is 123 Å². The fraction of sp³-hybridized carbons (Fsp3) is 0.294. The molecule has 132 valence electrons. The Morgan fingerprint density at radius 2 is 2.04 bits per heavy atom. The first kappa shape index (κ1) is 18.2. The number of nitro benzene ring substituents is 1. The van der Waals surface area contributed by atoms with Crippen LogP contribution in [0, 0.1) is 17.0 Å². The first-order valence-electron chi connectivity index (χ1n) is 7.66. The summed E-state index contributed by atoms with van der Waals surface area (Å²) >= 11 is 0. The van der Waals surface area contributed by atoms with Crippen LogP contribution in [-0.2, 0) is 6.42 Å². The molecule has 0 radical (unpaired) electrons. The van der Waals surface area contributed by atoms with Gasteiger partial charge in [0.1, 0.15) is 11.3 Å². The number of carboxylic acid groups (broad SMARTS) is 1. The van der Waals surface area contributed by atoms with Gasteiger partial charge in [-0.25, -0.2) is 4.79 Å². The lowest BCUT2D eigenvalue weighted by molar-refractivity contribution is -0.385. The molecule has 0 aliphatic carbocycles. The number of rotatable bonds is 6. The Kier molecular flexibility index (Phi) is 5.21. The van der Waals surface area contributed by atoms with Gasteiger partial charge in [-0.2, -0.15) is 0 Å². The summed E-state index contributed by atoms with van der Waals surface area (Å²) in [7, 11) is 0. The summed E-state index contributed by atoms with van der Waals surface area (Å²) in [5.74, 6) is -1.64. The average Bonchev–Trinajstić information content (AvgIpc) is 2.99. The summed E-state index contributed by atoms with van der Waals surface area (Å²) in [6.45, 7) is 5.03. The Balaban J connectivity index is 2.22. The number of carbonyl (C=O) groups is 2. The summed E-state index contributed by atoms with van der Waals surface area (Å²) in [5, 5.41) is 22.8. The minimum absolute atomic E-state index is 0.0296. The van der Waals surface area contributed by atoms with Crippen LogP contribution in [0.15, 0.2) is 28.7 Å². The molecule has 0 fully saturated rings. The smallest absolute Gasteiger partial charge is 0.339 e. The zero-order valence-corrected chi connectivity index (χ0v) is 14.0. The lowest BCUT2D eigenvalue weighted by Gasteiger charge is -2.13. The number of nitro groups is 1. The van der Waals surface area contributed by atoms with Crippen LogP contribution < -0.4 is 5.32 Å². The van der Waals surface area contributed by atoms with Gasteiger partial charge in [0.25, 0.3) is 11.6 Å². The van der Waals surface area contributed by atoms with Crippen LogP contribution in [0.4, 0.5) is 5.69 Å². The van der Waals surface area contributed by atoms with Crippen molar-refractivity contribution in [3.05, 3.63) is 62.6 Å². The molecule has 1 aromatic heterocycles. The Morgan fingerprint density at radius 3 is 2.56 bits per heavy atom. The highest BCUT2D eigenvalue weighted by molar-refractivity contribution is 5.96. The van der Waals surface area contributed by atoms with Crippen LogP contribution in [0.5, 0.6) is 0 Å². The lowest BCUT2D eigenvalue weighted by Crippen LogP contribution is -2.26. The van der Waals surface area contributed by atoms with E-state index in [4.69, 9.17) is 9.52 Å². The minimum Gasteiger partial charge on any atom is -0.478 e. The molecule has 0 bridgehead atoms. The summed E-state index contributed by atoms with van der Waals surface area (Å²) in [4.78, 5) is 34.0. The number of nitrogens with zero attached hydrogens (tertiary/aromatic N) is 1. The van der Waals surface area contributed by atoms with Gasteiger partial charge in [-0.05, 0) is 19.4 Å². The molecule has 8 heteroatoms. The summed E-state index contributed by atoms with van der Waals surface area (Å²) in [5.41, 5.74) is 1.01. The van der Waals surface area contributed by atoms with E-state index in [1.165, 1.54) is 12.1 Å². The maximum atomic E-state index is 12.3. The summed E-state index contributed by atoms with van der Waals surface area (Å²) in [6.07, 6.45) is 0.342. The number of carbonyl (C=O) groups excluding carboxylic acids is 1. The second-order valence-corrected chi connectivity index (χ2v) is 5.60. The molecule has 1 unspecified atom stereocenters. The molecule has 1 atom stereocenters. The molecule has 0 saturated carbocycles. The molecule has 1 heterocycles. The zero-order valence-electron chi connectivity index (χ0n) is 14.0. The van der Waals surface area contributed by atoms with Crippen molar-refractivity contribution in [2.45, 2.75) is 33.2 Å². The van der Waals surface area contributed by atoms with E-state index in [0.717, 1.165) is 0 Å². The van der Waals surface area contributed by atoms with Gasteiger partial charge in [-0.1, -0.05) is 19.1 Å². The van der Waals surface area contributed by atoms with E-state index in [1.54, 1.807) is 32.9 Å². The van der Waals surface area contributed by atoms with Crippen LogP contribution in [0.3, 0.4) is 0 Å². The Hall–Kier alpha value is -3.16. The molecule has 0 spiro atoms. The Bertz CT molecular complexity index is 840. The number of furan rings is 1. The Morgan fingerprint density at radius 1 is 1.36 bits per heavy atom. The highest BCUT2D eigenvalue weighted by Gasteiger charge is 2.22. The highest BCUT2D eigenvalue weighted by atomic mass is 16.6.